The van der Waals surface area contributed by atoms with E-state index < -0.39 is 13.2 Å². The molecule has 0 aliphatic carbocycles. The van der Waals surface area contributed by atoms with Crippen LogP contribution in [0.4, 0.5) is 0 Å². The summed E-state index contributed by atoms with van der Waals surface area (Å²) in [4.78, 5) is 0. The Hall–Kier alpha value is 2.18. The van der Waals surface area contributed by atoms with E-state index in [9.17, 15) is 5.11 Å². The van der Waals surface area contributed by atoms with Crippen molar-refractivity contribution in [2.45, 2.75) is 13.2 Å². The van der Waals surface area contributed by atoms with Crippen LogP contribution in [-0.4, -0.2) is 23.6 Å². The lowest BCUT2D eigenvalue weighted by molar-refractivity contribution is 0.0745. The smallest absolute Gasteiger partial charge is 0.223 e. The standard InChI is InChI=1S/C4H3BrCl6O/c5-1-2(12,3(6,7)8)4(9,10)11/h12H,1H2. The van der Waals surface area contributed by atoms with Crippen LogP contribution in [0.5, 0.6) is 0 Å². The van der Waals surface area contributed by atoms with Crippen molar-refractivity contribution in [1.82, 2.24) is 0 Å². The molecule has 0 aliphatic heterocycles. The zero-order valence-electron chi connectivity index (χ0n) is 5.30. The van der Waals surface area contributed by atoms with Gasteiger partial charge in [-0.25, -0.2) is 0 Å². The SMILES string of the molecule is OC(CBr)(C(Cl)(Cl)Cl)C(Cl)(Cl)Cl. The van der Waals surface area contributed by atoms with Crippen LogP contribution in [0.2, 0.25) is 0 Å². The third-order valence-corrected chi connectivity index (χ3v) is 3.82. The molecule has 0 atom stereocenters. The Bertz CT molecular complexity index is 146. The van der Waals surface area contributed by atoms with Crippen LogP contribution >= 0.6 is 85.5 Å². The quantitative estimate of drug-likeness (QED) is 0.705. The molecule has 1 N–H and O–H groups in total. The summed E-state index contributed by atoms with van der Waals surface area (Å²) in [6.07, 6.45) is 0. The number of hydrogen-bond donors (Lipinski definition) is 1. The van der Waals surface area contributed by atoms with Gasteiger partial charge in [-0.2, -0.15) is 0 Å². The molecule has 0 fully saturated rings. The van der Waals surface area contributed by atoms with E-state index in [4.69, 9.17) is 69.6 Å². The van der Waals surface area contributed by atoms with Gasteiger partial charge in [0, 0.05) is 5.33 Å². The number of rotatable bonds is 1. The van der Waals surface area contributed by atoms with Gasteiger partial charge in [-0.1, -0.05) is 85.5 Å². The van der Waals surface area contributed by atoms with E-state index in [1.165, 1.54) is 0 Å². The lowest BCUT2D eigenvalue weighted by Gasteiger charge is -2.38. The molecule has 0 amide bonds. The molecular formula is C4H3BrCl6O. The maximum atomic E-state index is 9.65. The molecule has 0 saturated carbocycles. The Kier molecular flexibility index (Phi) is 5.15. The highest BCUT2D eigenvalue weighted by molar-refractivity contribution is 9.09. The molecule has 0 radical (unpaired) electrons. The second-order valence-corrected chi connectivity index (χ2v) is 7.11. The van der Waals surface area contributed by atoms with Gasteiger partial charge in [-0.05, 0) is 0 Å². The number of alkyl halides is 7. The second-order valence-electron chi connectivity index (χ2n) is 1.99. The van der Waals surface area contributed by atoms with E-state index in [1.807, 2.05) is 0 Å². The number of halogens is 7. The minimum absolute atomic E-state index is 0.174. The van der Waals surface area contributed by atoms with Gasteiger partial charge in [0.15, 0.2) is 5.60 Å². The molecule has 0 spiro atoms. The van der Waals surface area contributed by atoms with Crippen molar-refractivity contribution in [2.24, 2.45) is 0 Å². The summed E-state index contributed by atoms with van der Waals surface area (Å²) in [6.45, 7) is 0. The van der Waals surface area contributed by atoms with Crippen molar-refractivity contribution in [3.8, 4) is 0 Å². The Labute approximate surface area is 108 Å². The Morgan fingerprint density at radius 3 is 1.17 bits per heavy atom. The number of aliphatic hydroxyl groups is 1. The Morgan fingerprint density at radius 2 is 1.17 bits per heavy atom. The molecule has 0 aromatic carbocycles. The molecule has 0 unspecified atom stereocenters. The van der Waals surface area contributed by atoms with E-state index in [2.05, 4.69) is 15.9 Å². The monoisotopic (exact) mass is 356 g/mol. The highest BCUT2D eigenvalue weighted by Crippen LogP contribution is 2.51. The molecule has 74 valence electrons. The fraction of sp³-hybridized carbons (Fsp3) is 1.00. The van der Waals surface area contributed by atoms with Crippen molar-refractivity contribution in [1.29, 1.82) is 0 Å². The van der Waals surface area contributed by atoms with Crippen LogP contribution in [0.1, 0.15) is 0 Å². The Morgan fingerprint density at radius 1 is 0.917 bits per heavy atom. The fourth-order valence-electron chi connectivity index (χ4n) is 0.312. The molecule has 0 bridgehead atoms. The molecular weight excluding hydrogens is 357 g/mol. The zero-order chi connectivity index (χ0) is 10.2. The van der Waals surface area contributed by atoms with Crippen LogP contribution in [0, 0.1) is 0 Å². The maximum Gasteiger partial charge on any atom is 0.223 e. The van der Waals surface area contributed by atoms with Gasteiger partial charge >= 0.3 is 0 Å². The maximum absolute atomic E-state index is 9.65. The first-order valence-electron chi connectivity index (χ1n) is 2.48. The van der Waals surface area contributed by atoms with Crippen LogP contribution in [0.3, 0.4) is 0 Å². The van der Waals surface area contributed by atoms with E-state index in [1.54, 1.807) is 0 Å². The van der Waals surface area contributed by atoms with Crippen molar-refractivity contribution in [3.05, 3.63) is 0 Å². The van der Waals surface area contributed by atoms with Gasteiger partial charge in [0.25, 0.3) is 0 Å². The molecule has 0 rings (SSSR count). The summed E-state index contributed by atoms with van der Waals surface area (Å²) in [5.41, 5.74) is -2.07. The second kappa shape index (κ2) is 4.36. The molecule has 12 heavy (non-hydrogen) atoms. The first kappa shape index (κ1) is 14.2. The highest BCUT2D eigenvalue weighted by Gasteiger charge is 2.59. The summed E-state index contributed by atoms with van der Waals surface area (Å²) < 4.78 is -4.16. The molecule has 0 heterocycles. The van der Waals surface area contributed by atoms with Gasteiger partial charge in [-0.15, -0.1) is 0 Å². The minimum atomic E-state index is -2.08. The average Bonchev–Trinajstić information content (AvgIpc) is 1.81. The molecule has 0 aromatic heterocycles. The van der Waals surface area contributed by atoms with Crippen LogP contribution in [0.25, 0.3) is 0 Å². The fourth-order valence-corrected chi connectivity index (χ4v) is 3.81. The van der Waals surface area contributed by atoms with Gasteiger partial charge < -0.3 is 5.11 Å². The van der Waals surface area contributed by atoms with E-state index in [0.717, 1.165) is 0 Å². The summed E-state index contributed by atoms with van der Waals surface area (Å²) in [5, 5.41) is 9.48. The summed E-state index contributed by atoms with van der Waals surface area (Å²) >= 11 is 35.4. The molecule has 8 heteroatoms. The summed E-state index contributed by atoms with van der Waals surface area (Å²) in [7, 11) is 0. The van der Waals surface area contributed by atoms with Gasteiger partial charge in [0.2, 0.25) is 7.59 Å². The summed E-state index contributed by atoms with van der Waals surface area (Å²) in [6, 6.07) is 0. The largest absolute Gasteiger partial charge is 0.380 e. The van der Waals surface area contributed by atoms with Crippen LogP contribution in [0.15, 0.2) is 0 Å². The predicted octanol–water partition coefficient (Wildman–Crippen LogP) is 3.85. The average molecular weight is 360 g/mol. The first-order chi connectivity index (χ1) is 5.06. The molecule has 0 aromatic rings. The molecule has 0 aliphatic rings. The van der Waals surface area contributed by atoms with E-state index >= 15 is 0 Å². The third-order valence-electron chi connectivity index (χ3n) is 1.13. The Balaban J connectivity index is 4.95. The van der Waals surface area contributed by atoms with Crippen LogP contribution < -0.4 is 0 Å². The minimum Gasteiger partial charge on any atom is -0.380 e. The highest BCUT2D eigenvalue weighted by atomic mass is 79.9. The summed E-state index contributed by atoms with van der Waals surface area (Å²) in [5.74, 6) is 0. The molecule has 1 nitrogen and oxygen atoms in total. The van der Waals surface area contributed by atoms with Crippen molar-refractivity contribution < 1.29 is 5.11 Å². The van der Waals surface area contributed by atoms with Crippen LogP contribution in [-0.2, 0) is 0 Å². The van der Waals surface area contributed by atoms with Gasteiger partial charge in [0.1, 0.15) is 0 Å². The topological polar surface area (TPSA) is 20.2 Å². The lowest BCUT2D eigenvalue weighted by atomic mass is 10.2. The zero-order valence-corrected chi connectivity index (χ0v) is 11.4. The van der Waals surface area contributed by atoms with Gasteiger partial charge in [0.05, 0.1) is 0 Å². The van der Waals surface area contributed by atoms with E-state index in [0.29, 0.717) is 0 Å². The number of hydrogen-bond acceptors (Lipinski definition) is 1. The third kappa shape index (κ3) is 2.83. The van der Waals surface area contributed by atoms with E-state index in [-0.39, 0.29) is 5.33 Å². The van der Waals surface area contributed by atoms with Crippen molar-refractivity contribution >= 4 is 85.5 Å². The molecule has 0 saturated heterocycles. The lowest BCUT2D eigenvalue weighted by Crippen LogP contribution is -2.55. The normalized spacial score (nSPS) is 15.0. The van der Waals surface area contributed by atoms with Crippen molar-refractivity contribution in [3.63, 3.8) is 0 Å². The first-order valence-corrected chi connectivity index (χ1v) is 5.87. The predicted molar refractivity (Wildman–Crippen MR) is 59.3 cm³/mol. The van der Waals surface area contributed by atoms with Crippen molar-refractivity contribution in [2.75, 3.05) is 5.33 Å². The van der Waals surface area contributed by atoms with Gasteiger partial charge in [-0.3, -0.25) is 0 Å².